The summed E-state index contributed by atoms with van der Waals surface area (Å²) in [5.74, 6) is 0.225. The predicted octanol–water partition coefficient (Wildman–Crippen LogP) is 3.89. The number of nitriles is 1. The molecule has 0 bridgehead atoms. The molecule has 0 radical (unpaired) electrons. The van der Waals surface area contributed by atoms with Crippen LogP contribution in [0.1, 0.15) is 21.5 Å². The van der Waals surface area contributed by atoms with Gasteiger partial charge in [0.15, 0.2) is 0 Å². The monoisotopic (exact) mass is 548 g/mol. The average Bonchev–Trinajstić information content (AvgIpc) is 3.62. The number of nitrogens with zero attached hydrogens (tertiary/aromatic N) is 8. The van der Waals surface area contributed by atoms with Crippen molar-refractivity contribution in [3.05, 3.63) is 89.6 Å². The first kappa shape index (κ1) is 25.7. The Hall–Kier alpha value is -5.55. The van der Waals surface area contributed by atoms with Crippen LogP contribution in [0.2, 0.25) is 0 Å². The third kappa shape index (κ3) is 4.64. The zero-order chi connectivity index (χ0) is 28.7. The SMILES string of the molecule is C#Cc1cc(F)c(C(=O)N2CCN(c3ccc(-c4cc(-c5cnn(C)c5)cn5ncc(C#N)c45)cn3)CC2)c(F)c1. The zero-order valence-electron chi connectivity index (χ0n) is 21.9. The molecule has 1 amide bonds. The molecule has 9 nitrogen and oxygen atoms in total. The molecule has 202 valence electrons. The summed E-state index contributed by atoms with van der Waals surface area (Å²) in [6.45, 7) is 1.41. The van der Waals surface area contributed by atoms with Crippen LogP contribution in [0.25, 0.3) is 27.8 Å². The van der Waals surface area contributed by atoms with E-state index in [0.717, 1.165) is 34.4 Å². The van der Waals surface area contributed by atoms with E-state index in [0.29, 0.717) is 30.0 Å². The number of pyridine rings is 2. The Balaban J connectivity index is 1.23. The van der Waals surface area contributed by atoms with Crippen molar-refractivity contribution in [2.45, 2.75) is 0 Å². The van der Waals surface area contributed by atoms with E-state index in [-0.39, 0.29) is 18.7 Å². The van der Waals surface area contributed by atoms with Crippen LogP contribution in [-0.2, 0) is 7.05 Å². The second-order valence-corrected chi connectivity index (χ2v) is 9.65. The van der Waals surface area contributed by atoms with Crippen molar-refractivity contribution >= 4 is 17.2 Å². The van der Waals surface area contributed by atoms with Gasteiger partial charge in [-0.15, -0.1) is 6.42 Å². The van der Waals surface area contributed by atoms with Crippen LogP contribution < -0.4 is 4.90 Å². The highest BCUT2D eigenvalue weighted by Crippen LogP contribution is 2.32. The number of halogens is 2. The molecule has 0 atom stereocenters. The zero-order valence-corrected chi connectivity index (χ0v) is 21.9. The van der Waals surface area contributed by atoms with Gasteiger partial charge < -0.3 is 9.80 Å². The summed E-state index contributed by atoms with van der Waals surface area (Å²) in [6.07, 6.45) is 14.0. The van der Waals surface area contributed by atoms with Crippen molar-refractivity contribution in [2.75, 3.05) is 31.1 Å². The lowest BCUT2D eigenvalue weighted by molar-refractivity contribution is 0.0736. The molecule has 1 aliphatic heterocycles. The van der Waals surface area contributed by atoms with E-state index < -0.39 is 23.1 Å². The molecule has 0 spiro atoms. The third-order valence-corrected chi connectivity index (χ3v) is 7.14. The lowest BCUT2D eigenvalue weighted by Crippen LogP contribution is -2.49. The summed E-state index contributed by atoms with van der Waals surface area (Å²) in [5, 5.41) is 18.3. The van der Waals surface area contributed by atoms with Gasteiger partial charge >= 0.3 is 0 Å². The molecule has 0 saturated carbocycles. The number of hydrogen-bond donors (Lipinski definition) is 0. The molecule has 0 aliphatic carbocycles. The van der Waals surface area contributed by atoms with Crippen LogP contribution in [0.4, 0.5) is 14.6 Å². The molecule has 0 unspecified atom stereocenters. The number of hydrogen-bond acceptors (Lipinski definition) is 6. The molecule has 1 saturated heterocycles. The molecule has 4 aromatic heterocycles. The van der Waals surface area contributed by atoms with Gasteiger partial charge in [-0.05, 0) is 30.3 Å². The number of terminal acetylenes is 1. The van der Waals surface area contributed by atoms with Gasteiger partial charge in [0.1, 0.15) is 29.1 Å². The van der Waals surface area contributed by atoms with E-state index in [1.807, 2.05) is 42.5 Å². The van der Waals surface area contributed by atoms with E-state index in [9.17, 15) is 18.8 Å². The van der Waals surface area contributed by atoms with Gasteiger partial charge in [0.05, 0.1) is 23.5 Å². The Morgan fingerprint density at radius 3 is 2.32 bits per heavy atom. The molecule has 1 fully saturated rings. The third-order valence-electron chi connectivity index (χ3n) is 7.14. The Morgan fingerprint density at radius 2 is 1.71 bits per heavy atom. The fourth-order valence-corrected chi connectivity index (χ4v) is 5.04. The Kier molecular flexibility index (Phi) is 6.40. The number of anilines is 1. The van der Waals surface area contributed by atoms with Crippen molar-refractivity contribution in [1.29, 1.82) is 5.26 Å². The highest BCUT2D eigenvalue weighted by molar-refractivity contribution is 5.95. The van der Waals surface area contributed by atoms with Crippen LogP contribution in [0, 0.1) is 35.3 Å². The number of amides is 1. The standard InChI is InChI=1S/C30H22F2N8O/c1-3-19-10-25(31)28(26(32)11-19)30(41)39-8-6-38(7-9-39)27-5-4-20(14-34-27)24-12-21(23-16-35-37(2)17-23)18-40-29(24)22(13-33)15-36-40/h1,4-5,10-12,14-18H,6-9H2,2H3. The largest absolute Gasteiger partial charge is 0.353 e. The number of aryl methyl sites for hydroxylation is 1. The second kappa shape index (κ2) is 10.2. The van der Waals surface area contributed by atoms with Gasteiger partial charge in [0.25, 0.3) is 5.91 Å². The van der Waals surface area contributed by atoms with Crippen molar-refractivity contribution in [3.63, 3.8) is 0 Å². The number of rotatable bonds is 4. The van der Waals surface area contributed by atoms with Crippen LogP contribution in [0.3, 0.4) is 0 Å². The number of piperazine rings is 1. The molecule has 6 rings (SSSR count). The Morgan fingerprint density at radius 1 is 0.951 bits per heavy atom. The first-order chi connectivity index (χ1) is 19.9. The van der Waals surface area contributed by atoms with Crippen LogP contribution in [0.15, 0.2) is 61.3 Å². The molecule has 1 aliphatic rings. The summed E-state index contributed by atoms with van der Waals surface area (Å²) in [4.78, 5) is 21.0. The van der Waals surface area contributed by atoms with E-state index in [1.165, 1.54) is 11.1 Å². The van der Waals surface area contributed by atoms with Crippen molar-refractivity contribution < 1.29 is 13.6 Å². The minimum absolute atomic E-state index is 0.0394. The Labute approximate surface area is 233 Å². The minimum Gasteiger partial charge on any atom is -0.353 e. The van der Waals surface area contributed by atoms with Crippen LogP contribution in [0.5, 0.6) is 0 Å². The van der Waals surface area contributed by atoms with Crippen molar-refractivity contribution in [1.82, 2.24) is 29.3 Å². The van der Waals surface area contributed by atoms with Gasteiger partial charge in [-0.25, -0.2) is 18.3 Å². The van der Waals surface area contributed by atoms with Crippen LogP contribution >= 0.6 is 0 Å². The fraction of sp³-hybridized carbons (Fsp3) is 0.167. The van der Waals surface area contributed by atoms with Gasteiger partial charge in [-0.1, -0.05) is 5.92 Å². The fourth-order valence-electron chi connectivity index (χ4n) is 5.04. The maximum absolute atomic E-state index is 14.4. The number of aromatic nitrogens is 5. The molecular formula is C30H22F2N8O. The molecule has 5 aromatic rings. The van der Waals surface area contributed by atoms with Crippen molar-refractivity contribution in [2.24, 2.45) is 7.05 Å². The first-order valence-electron chi connectivity index (χ1n) is 12.7. The average molecular weight is 549 g/mol. The summed E-state index contributed by atoms with van der Waals surface area (Å²) in [5.41, 5.74) is 3.97. The summed E-state index contributed by atoms with van der Waals surface area (Å²) >= 11 is 0. The van der Waals surface area contributed by atoms with E-state index in [2.05, 4.69) is 27.2 Å². The summed E-state index contributed by atoms with van der Waals surface area (Å²) in [7, 11) is 1.84. The predicted molar refractivity (Wildman–Crippen MR) is 148 cm³/mol. The van der Waals surface area contributed by atoms with Gasteiger partial charge in [0, 0.05) is 79.6 Å². The number of fused-ring (bicyclic) bond motifs is 1. The van der Waals surface area contributed by atoms with E-state index in [1.54, 1.807) is 21.6 Å². The lowest BCUT2D eigenvalue weighted by atomic mass is 10.0. The minimum atomic E-state index is -0.970. The summed E-state index contributed by atoms with van der Waals surface area (Å²) < 4.78 is 32.3. The molecule has 11 heteroatoms. The highest BCUT2D eigenvalue weighted by atomic mass is 19.1. The smallest absolute Gasteiger partial charge is 0.259 e. The molecule has 5 heterocycles. The summed E-state index contributed by atoms with van der Waals surface area (Å²) in [6, 6.07) is 9.97. The maximum Gasteiger partial charge on any atom is 0.259 e. The molecule has 0 N–H and O–H groups in total. The van der Waals surface area contributed by atoms with Gasteiger partial charge in [0.2, 0.25) is 0 Å². The maximum atomic E-state index is 14.4. The first-order valence-corrected chi connectivity index (χ1v) is 12.7. The van der Waals surface area contributed by atoms with Gasteiger partial charge in [-0.3, -0.25) is 9.48 Å². The molecular weight excluding hydrogens is 526 g/mol. The lowest BCUT2D eigenvalue weighted by Gasteiger charge is -2.35. The van der Waals surface area contributed by atoms with Crippen LogP contribution in [-0.4, -0.2) is 61.4 Å². The number of carbonyl (C=O) groups excluding carboxylic acids is 1. The van der Waals surface area contributed by atoms with Crippen molar-refractivity contribution in [3.8, 4) is 40.7 Å². The quantitative estimate of drug-likeness (QED) is 0.316. The highest BCUT2D eigenvalue weighted by Gasteiger charge is 2.27. The normalized spacial score (nSPS) is 13.3. The topological polar surface area (TPSA) is 95.4 Å². The molecule has 1 aromatic carbocycles. The number of benzene rings is 1. The second-order valence-electron chi connectivity index (χ2n) is 9.65. The molecule has 41 heavy (non-hydrogen) atoms. The Bertz CT molecular complexity index is 1860. The van der Waals surface area contributed by atoms with Gasteiger partial charge in [-0.2, -0.15) is 15.5 Å². The van der Waals surface area contributed by atoms with E-state index >= 15 is 0 Å². The number of carbonyl (C=O) groups is 1. The van der Waals surface area contributed by atoms with E-state index in [4.69, 9.17) is 6.42 Å².